The fourth-order valence-corrected chi connectivity index (χ4v) is 3.40. The van der Waals surface area contributed by atoms with Crippen molar-refractivity contribution in [1.29, 1.82) is 0 Å². The van der Waals surface area contributed by atoms with Crippen LogP contribution < -0.4 is 5.32 Å². The highest BCUT2D eigenvalue weighted by Gasteiger charge is 2.34. The van der Waals surface area contributed by atoms with Crippen LogP contribution in [0.25, 0.3) is 0 Å². The number of hydrogen-bond acceptors (Lipinski definition) is 2. The van der Waals surface area contributed by atoms with Crippen LogP contribution >= 0.6 is 0 Å². The van der Waals surface area contributed by atoms with Crippen LogP contribution in [0.5, 0.6) is 0 Å². The first-order chi connectivity index (χ1) is 8.87. The molecule has 0 aromatic rings. The van der Waals surface area contributed by atoms with Crippen molar-refractivity contribution in [3.63, 3.8) is 0 Å². The molecule has 110 valence electrons. The Kier molecular flexibility index (Phi) is 4.51. The largest absolute Gasteiger partial charge is 0.347 e. The van der Waals surface area contributed by atoms with E-state index in [9.17, 15) is 4.79 Å². The average Bonchev–Trinajstić information content (AvgIpc) is 2.68. The van der Waals surface area contributed by atoms with Crippen LogP contribution in [0, 0.1) is 5.92 Å². The summed E-state index contributed by atoms with van der Waals surface area (Å²) in [6, 6.07) is 1.00. The summed E-state index contributed by atoms with van der Waals surface area (Å²) in [4.78, 5) is 14.8. The first-order valence-corrected chi connectivity index (χ1v) is 7.74. The van der Waals surface area contributed by atoms with Gasteiger partial charge in [-0.15, -0.1) is 0 Å². The zero-order valence-electron chi connectivity index (χ0n) is 13.0. The molecule has 0 spiro atoms. The molecule has 19 heavy (non-hydrogen) atoms. The zero-order valence-corrected chi connectivity index (χ0v) is 13.0. The van der Waals surface area contributed by atoms with Gasteiger partial charge in [0.05, 0.1) is 33.2 Å². The molecule has 0 radical (unpaired) electrons. The van der Waals surface area contributed by atoms with E-state index in [1.54, 1.807) is 0 Å². The Labute approximate surface area is 117 Å². The molecule has 0 unspecified atom stereocenters. The summed E-state index contributed by atoms with van der Waals surface area (Å²) in [6.45, 7) is 8.87. The maximum atomic E-state index is 12.3. The van der Waals surface area contributed by atoms with Gasteiger partial charge in [-0.3, -0.25) is 4.79 Å². The molecule has 0 bridgehead atoms. The molecule has 2 saturated heterocycles. The van der Waals surface area contributed by atoms with Gasteiger partial charge < -0.3 is 14.7 Å². The van der Waals surface area contributed by atoms with Gasteiger partial charge in [0.1, 0.15) is 0 Å². The number of nitrogens with zero attached hydrogens (tertiary/aromatic N) is 2. The number of piperidine rings is 1. The second-order valence-electron chi connectivity index (χ2n) is 7.24. The highest BCUT2D eigenvalue weighted by atomic mass is 16.2. The van der Waals surface area contributed by atoms with Crippen molar-refractivity contribution in [3.8, 4) is 0 Å². The van der Waals surface area contributed by atoms with E-state index in [1.807, 2.05) is 0 Å². The molecular weight excluding hydrogens is 238 g/mol. The average molecular weight is 268 g/mol. The number of likely N-dealkylation sites (tertiary alicyclic amines) is 2. The smallest absolute Gasteiger partial charge is 0.223 e. The van der Waals surface area contributed by atoms with Crippen LogP contribution in [0.4, 0.5) is 0 Å². The topological polar surface area (TPSA) is 32.3 Å². The molecule has 4 heteroatoms. The number of carbonyl (C=O) groups excluding carboxylic acids is 1. The normalized spacial score (nSPS) is 28.8. The van der Waals surface area contributed by atoms with Gasteiger partial charge in [0.25, 0.3) is 0 Å². The van der Waals surface area contributed by atoms with Crippen molar-refractivity contribution in [2.75, 3.05) is 40.3 Å². The van der Waals surface area contributed by atoms with Gasteiger partial charge in [-0.25, -0.2) is 0 Å². The van der Waals surface area contributed by atoms with E-state index >= 15 is 0 Å². The summed E-state index contributed by atoms with van der Waals surface area (Å²) >= 11 is 0. The van der Waals surface area contributed by atoms with Crippen LogP contribution in [0.1, 0.15) is 33.1 Å². The third kappa shape index (κ3) is 3.93. The van der Waals surface area contributed by atoms with Gasteiger partial charge in [0, 0.05) is 18.4 Å². The predicted molar refractivity (Wildman–Crippen MR) is 77.8 cm³/mol. The Morgan fingerprint density at radius 1 is 1.21 bits per heavy atom. The molecule has 2 fully saturated rings. The summed E-state index contributed by atoms with van der Waals surface area (Å²) < 4.78 is 1.04. The minimum absolute atomic E-state index is 0.242. The van der Waals surface area contributed by atoms with E-state index in [-0.39, 0.29) is 5.92 Å². The van der Waals surface area contributed by atoms with Crippen molar-refractivity contribution >= 4 is 5.91 Å². The molecule has 1 N–H and O–H groups in total. The van der Waals surface area contributed by atoms with Crippen LogP contribution in [0.3, 0.4) is 0 Å². The quantitative estimate of drug-likeness (QED) is 0.777. The molecule has 0 aromatic heterocycles. The number of nitrogens with one attached hydrogen (secondary N) is 1. The van der Waals surface area contributed by atoms with Crippen molar-refractivity contribution in [1.82, 2.24) is 10.2 Å². The summed E-state index contributed by atoms with van der Waals surface area (Å²) in [5, 5.41) is 3.28. The van der Waals surface area contributed by atoms with Crippen molar-refractivity contribution < 1.29 is 9.28 Å². The van der Waals surface area contributed by atoms with Gasteiger partial charge in [0.2, 0.25) is 5.91 Å². The molecule has 2 aliphatic heterocycles. The number of carbonyl (C=O) groups is 1. The van der Waals surface area contributed by atoms with E-state index in [2.05, 4.69) is 38.2 Å². The number of quaternary nitrogens is 1. The summed E-state index contributed by atoms with van der Waals surface area (Å²) in [7, 11) is 4.49. The SMILES string of the molecule is CC(C)N1CCC(C(=O)N[C@H]2CC[N+](C)(C)C2)CC1. The lowest BCUT2D eigenvalue weighted by Gasteiger charge is -2.34. The summed E-state index contributed by atoms with van der Waals surface area (Å²) in [5.41, 5.74) is 0. The lowest BCUT2D eigenvalue weighted by Crippen LogP contribution is -2.47. The molecule has 2 rings (SSSR count). The van der Waals surface area contributed by atoms with Crippen LogP contribution in [0.15, 0.2) is 0 Å². The van der Waals surface area contributed by atoms with Crippen molar-refractivity contribution in [2.45, 2.75) is 45.2 Å². The molecule has 1 amide bonds. The Hall–Kier alpha value is -0.610. The second kappa shape index (κ2) is 5.80. The molecule has 0 aromatic carbocycles. The van der Waals surface area contributed by atoms with E-state index in [0.717, 1.165) is 43.4 Å². The Bertz CT molecular complexity index is 319. The highest BCUT2D eigenvalue weighted by molar-refractivity contribution is 5.79. The Morgan fingerprint density at radius 2 is 1.84 bits per heavy atom. The molecule has 2 heterocycles. The maximum absolute atomic E-state index is 12.3. The molecule has 0 saturated carbocycles. The van der Waals surface area contributed by atoms with E-state index in [1.165, 1.54) is 6.54 Å². The fraction of sp³-hybridized carbons (Fsp3) is 0.933. The highest BCUT2D eigenvalue weighted by Crippen LogP contribution is 2.20. The summed E-state index contributed by atoms with van der Waals surface area (Å²) in [6.07, 6.45) is 3.17. The monoisotopic (exact) mass is 268 g/mol. The van der Waals surface area contributed by atoms with Gasteiger partial charge in [0.15, 0.2) is 0 Å². The van der Waals surface area contributed by atoms with Crippen molar-refractivity contribution in [3.05, 3.63) is 0 Å². The number of rotatable bonds is 3. The molecular formula is C15H30N3O+. The first kappa shape index (κ1) is 14.8. The van der Waals surface area contributed by atoms with Gasteiger partial charge in [-0.2, -0.15) is 0 Å². The van der Waals surface area contributed by atoms with Crippen molar-refractivity contribution in [2.24, 2.45) is 5.92 Å². The molecule has 1 atom stereocenters. The molecule has 4 nitrogen and oxygen atoms in total. The standard InChI is InChI=1S/C15H29N3O/c1-12(2)17-8-5-13(6-9-17)15(19)16-14-7-10-18(3,4)11-14/h12-14H,5-11H2,1-4H3/p+1/t14-/m0/s1. The Balaban J connectivity index is 1.76. The van der Waals surface area contributed by atoms with E-state index in [4.69, 9.17) is 0 Å². The first-order valence-electron chi connectivity index (χ1n) is 7.74. The third-order valence-corrected chi connectivity index (χ3v) is 4.77. The van der Waals surface area contributed by atoms with E-state index in [0.29, 0.717) is 18.0 Å². The Morgan fingerprint density at radius 3 is 2.32 bits per heavy atom. The minimum Gasteiger partial charge on any atom is -0.347 e. The van der Waals surface area contributed by atoms with Crippen LogP contribution in [-0.4, -0.2) is 67.6 Å². The third-order valence-electron chi connectivity index (χ3n) is 4.77. The lowest BCUT2D eigenvalue weighted by molar-refractivity contribution is -0.878. The lowest BCUT2D eigenvalue weighted by atomic mass is 9.95. The second-order valence-corrected chi connectivity index (χ2v) is 7.24. The number of likely N-dealkylation sites (N-methyl/N-ethyl adjacent to an activating group) is 1. The van der Waals surface area contributed by atoms with Crippen LogP contribution in [-0.2, 0) is 4.79 Å². The maximum Gasteiger partial charge on any atom is 0.223 e. The number of amides is 1. The fourth-order valence-electron chi connectivity index (χ4n) is 3.40. The summed E-state index contributed by atoms with van der Waals surface area (Å²) in [5.74, 6) is 0.543. The zero-order chi connectivity index (χ0) is 14.0. The van der Waals surface area contributed by atoms with Crippen LogP contribution in [0.2, 0.25) is 0 Å². The van der Waals surface area contributed by atoms with Gasteiger partial charge in [-0.05, 0) is 39.8 Å². The minimum atomic E-state index is 0.242. The van der Waals surface area contributed by atoms with Gasteiger partial charge in [-0.1, -0.05) is 0 Å². The number of hydrogen-bond donors (Lipinski definition) is 1. The molecule has 0 aliphatic carbocycles. The van der Waals surface area contributed by atoms with E-state index < -0.39 is 0 Å². The molecule has 2 aliphatic rings. The van der Waals surface area contributed by atoms with Gasteiger partial charge >= 0.3 is 0 Å². The predicted octanol–water partition coefficient (Wildman–Crippen LogP) is 1.07.